The molecule has 1 aliphatic carbocycles. The summed E-state index contributed by atoms with van der Waals surface area (Å²) in [5, 5.41) is 10.2. The molecule has 2 aromatic carbocycles. The van der Waals surface area contributed by atoms with Gasteiger partial charge in [-0.25, -0.2) is 4.39 Å². The van der Waals surface area contributed by atoms with E-state index >= 15 is 0 Å². The average Bonchev–Trinajstić information content (AvgIpc) is 2.62. The monoisotopic (exact) mass is 364 g/mol. The second-order valence-corrected chi connectivity index (χ2v) is 6.92. The predicted molar refractivity (Wildman–Crippen MR) is 95.3 cm³/mol. The number of ether oxygens (including phenoxy) is 2. The first-order chi connectivity index (χ1) is 12.0. The Morgan fingerprint density at radius 3 is 2.44 bits per heavy atom. The molecule has 3 nitrogen and oxygen atoms in total. The van der Waals surface area contributed by atoms with E-state index < -0.39 is 5.60 Å². The average molecular weight is 365 g/mol. The lowest BCUT2D eigenvalue weighted by Crippen LogP contribution is -2.37. The minimum absolute atomic E-state index is 0.354. The summed E-state index contributed by atoms with van der Waals surface area (Å²) in [4.78, 5) is 0. The zero-order valence-electron chi connectivity index (χ0n) is 14.2. The number of benzene rings is 2. The van der Waals surface area contributed by atoms with Gasteiger partial charge in [0, 0.05) is 10.6 Å². The van der Waals surface area contributed by atoms with Crippen LogP contribution in [0.1, 0.15) is 36.8 Å². The zero-order valence-corrected chi connectivity index (χ0v) is 14.9. The fraction of sp³-hybridized carbons (Fsp3) is 0.400. The first kappa shape index (κ1) is 18.2. The highest BCUT2D eigenvalue weighted by Gasteiger charge is 2.39. The zero-order chi connectivity index (χ0) is 17.9. The molecule has 25 heavy (non-hydrogen) atoms. The van der Waals surface area contributed by atoms with Gasteiger partial charge in [0.05, 0.1) is 25.4 Å². The van der Waals surface area contributed by atoms with Crippen LogP contribution in [0.25, 0.3) is 0 Å². The van der Waals surface area contributed by atoms with Gasteiger partial charge in [0.1, 0.15) is 11.6 Å². The molecule has 1 aliphatic rings. The number of aliphatic hydroxyl groups is 1. The second-order valence-electron chi connectivity index (χ2n) is 6.49. The number of methoxy groups -OCH3 is 1. The van der Waals surface area contributed by atoms with Crippen molar-refractivity contribution in [3.63, 3.8) is 0 Å². The molecule has 0 heterocycles. The molecule has 1 saturated carbocycles. The maximum absolute atomic E-state index is 14.6. The summed E-state index contributed by atoms with van der Waals surface area (Å²) in [6.07, 6.45) is 1.97. The summed E-state index contributed by atoms with van der Waals surface area (Å²) in [5.74, 6) is 0.418. The molecule has 0 atom stereocenters. The van der Waals surface area contributed by atoms with E-state index in [4.69, 9.17) is 21.1 Å². The number of hydrogen-bond donors (Lipinski definition) is 1. The van der Waals surface area contributed by atoms with Crippen molar-refractivity contribution in [3.8, 4) is 5.75 Å². The molecule has 2 aromatic rings. The van der Waals surface area contributed by atoms with Gasteiger partial charge in [-0.05, 0) is 55.5 Å². The van der Waals surface area contributed by atoms with Gasteiger partial charge in [-0.15, -0.1) is 0 Å². The summed E-state index contributed by atoms with van der Waals surface area (Å²) in [6.45, 7) is 0.363. The van der Waals surface area contributed by atoms with Crippen LogP contribution in [0, 0.1) is 5.82 Å². The van der Waals surface area contributed by atoms with Gasteiger partial charge in [0.25, 0.3) is 0 Å². The van der Waals surface area contributed by atoms with E-state index in [-0.39, 0.29) is 11.9 Å². The number of hydrogen-bond acceptors (Lipinski definition) is 3. The molecule has 3 rings (SSSR count). The topological polar surface area (TPSA) is 38.7 Å². The third-order valence-electron chi connectivity index (χ3n) is 4.86. The highest BCUT2D eigenvalue weighted by Crippen LogP contribution is 2.42. The van der Waals surface area contributed by atoms with E-state index in [9.17, 15) is 9.50 Å². The fourth-order valence-electron chi connectivity index (χ4n) is 3.36. The molecular formula is C20H22ClFO3. The Morgan fingerprint density at radius 1 is 1.16 bits per heavy atom. The predicted octanol–water partition coefficient (Wildman–Crippen LogP) is 4.83. The Labute approximate surface area is 152 Å². The van der Waals surface area contributed by atoms with Gasteiger partial charge >= 0.3 is 0 Å². The van der Waals surface area contributed by atoms with Crippen LogP contribution in [0.15, 0.2) is 42.5 Å². The highest BCUT2D eigenvalue weighted by molar-refractivity contribution is 6.30. The van der Waals surface area contributed by atoms with Gasteiger partial charge in [-0.2, -0.15) is 0 Å². The third kappa shape index (κ3) is 4.14. The minimum atomic E-state index is -0.742. The largest absolute Gasteiger partial charge is 0.497 e. The van der Waals surface area contributed by atoms with Gasteiger partial charge in [0.15, 0.2) is 0 Å². The van der Waals surface area contributed by atoms with Gasteiger partial charge < -0.3 is 14.6 Å². The Hall–Kier alpha value is -1.62. The molecule has 0 radical (unpaired) electrons. The van der Waals surface area contributed by atoms with Crippen molar-refractivity contribution in [2.45, 2.75) is 44.0 Å². The van der Waals surface area contributed by atoms with Crippen LogP contribution in [-0.4, -0.2) is 18.3 Å². The Kier molecular flexibility index (Phi) is 5.62. The van der Waals surface area contributed by atoms with E-state index in [1.165, 1.54) is 6.07 Å². The molecule has 1 fully saturated rings. The van der Waals surface area contributed by atoms with Crippen LogP contribution in [0.5, 0.6) is 5.75 Å². The Balaban J connectivity index is 1.83. The Morgan fingerprint density at radius 2 is 1.84 bits per heavy atom. The van der Waals surface area contributed by atoms with Gasteiger partial charge in [-0.1, -0.05) is 29.8 Å². The van der Waals surface area contributed by atoms with Gasteiger partial charge in [-0.3, -0.25) is 0 Å². The molecule has 0 amide bonds. The smallest absolute Gasteiger partial charge is 0.130 e. The van der Waals surface area contributed by atoms with Crippen LogP contribution in [0.4, 0.5) is 4.39 Å². The van der Waals surface area contributed by atoms with Crippen molar-refractivity contribution in [3.05, 3.63) is 64.4 Å². The van der Waals surface area contributed by atoms with E-state index in [0.717, 1.165) is 11.3 Å². The molecule has 5 heteroatoms. The lowest BCUT2D eigenvalue weighted by atomic mass is 9.78. The summed E-state index contributed by atoms with van der Waals surface area (Å²) in [5.41, 5.74) is 0.756. The number of rotatable bonds is 5. The molecular weight excluding hydrogens is 343 g/mol. The SMILES string of the molecule is COc1ccc(COC2(c3ccc(Cl)cc3F)CCC(O)CC2)cc1. The molecule has 0 saturated heterocycles. The summed E-state index contributed by atoms with van der Waals surface area (Å²) < 4.78 is 26.0. The maximum atomic E-state index is 14.6. The molecule has 0 bridgehead atoms. The van der Waals surface area contributed by atoms with Crippen molar-refractivity contribution >= 4 is 11.6 Å². The number of halogens is 2. The maximum Gasteiger partial charge on any atom is 0.130 e. The molecule has 0 unspecified atom stereocenters. The van der Waals surface area contributed by atoms with Crippen molar-refractivity contribution < 1.29 is 19.0 Å². The Bertz CT molecular complexity index is 709. The molecule has 1 N–H and O–H groups in total. The van der Waals surface area contributed by atoms with Crippen molar-refractivity contribution in [2.75, 3.05) is 7.11 Å². The standard InChI is InChI=1S/C20H22ClFO3/c1-24-17-5-2-14(3-6-17)13-25-20(10-8-16(23)9-11-20)18-7-4-15(21)12-19(18)22/h2-7,12,16,23H,8-11,13H2,1H3. The third-order valence-corrected chi connectivity index (χ3v) is 5.09. The molecule has 0 aliphatic heterocycles. The van der Waals surface area contributed by atoms with Crippen LogP contribution >= 0.6 is 11.6 Å². The van der Waals surface area contributed by atoms with Crippen LogP contribution in [-0.2, 0) is 16.9 Å². The van der Waals surface area contributed by atoms with Crippen LogP contribution in [0.2, 0.25) is 5.02 Å². The van der Waals surface area contributed by atoms with Crippen LogP contribution < -0.4 is 4.74 Å². The normalized spacial score (nSPS) is 23.4. The quantitative estimate of drug-likeness (QED) is 0.825. The lowest BCUT2D eigenvalue weighted by Gasteiger charge is -2.39. The van der Waals surface area contributed by atoms with Gasteiger partial charge in [0.2, 0.25) is 0 Å². The second kappa shape index (κ2) is 7.73. The van der Waals surface area contributed by atoms with E-state index in [2.05, 4.69) is 0 Å². The van der Waals surface area contributed by atoms with E-state index in [1.807, 2.05) is 24.3 Å². The highest BCUT2D eigenvalue weighted by atomic mass is 35.5. The number of aliphatic hydroxyl groups excluding tert-OH is 1. The fourth-order valence-corrected chi connectivity index (χ4v) is 3.52. The summed E-state index contributed by atoms with van der Waals surface area (Å²) >= 11 is 5.89. The van der Waals surface area contributed by atoms with E-state index in [1.54, 1.807) is 19.2 Å². The van der Waals surface area contributed by atoms with Crippen molar-refractivity contribution in [1.29, 1.82) is 0 Å². The summed E-state index contributed by atoms with van der Waals surface area (Å²) in [6, 6.07) is 12.3. The van der Waals surface area contributed by atoms with Crippen molar-refractivity contribution in [1.82, 2.24) is 0 Å². The lowest BCUT2D eigenvalue weighted by molar-refractivity contribution is -0.106. The first-order valence-corrected chi connectivity index (χ1v) is 8.81. The van der Waals surface area contributed by atoms with Crippen molar-refractivity contribution in [2.24, 2.45) is 0 Å². The van der Waals surface area contributed by atoms with Crippen LogP contribution in [0.3, 0.4) is 0 Å². The molecule has 134 valence electrons. The summed E-state index contributed by atoms with van der Waals surface area (Å²) in [7, 11) is 1.62. The van der Waals surface area contributed by atoms with E-state index in [0.29, 0.717) is 42.9 Å². The first-order valence-electron chi connectivity index (χ1n) is 8.43. The molecule has 0 spiro atoms. The minimum Gasteiger partial charge on any atom is -0.497 e. The molecule has 0 aromatic heterocycles.